The Morgan fingerprint density at radius 2 is 0.782 bits per heavy atom. The summed E-state index contributed by atoms with van der Waals surface area (Å²) >= 11 is 0. The van der Waals surface area contributed by atoms with E-state index in [2.05, 4.69) is 230 Å². The molecule has 0 atom stereocenters. The molecule has 0 amide bonds. The molecular weight excluding hydrogens is 681 g/mol. The number of benzene rings is 8. The van der Waals surface area contributed by atoms with E-state index in [0.29, 0.717) is 0 Å². The van der Waals surface area contributed by atoms with Crippen molar-refractivity contribution in [2.75, 3.05) is 0 Å². The van der Waals surface area contributed by atoms with Crippen LogP contribution in [0.15, 0.2) is 200 Å². The van der Waals surface area contributed by atoms with Gasteiger partial charge in [0.2, 0.25) is 0 Å². The number of nitrogens with zero attached hydrogens (tertiary/aromatic N) is 2. The second-order valence-corrected chi connectivity index (χ2v) is 20.5. The number of para-hydroxylation sites is 2. The standard InChI is InChI=1S/C52H42N2Si/c1-52(2,3)55(41-22-9-5-10-23-41,42-24-11-6-12-25-42)43-31-33-47-45-27-14-16-29-49(45)54(51(47)36-43)40-30-32-46-44-26-13-15-28-48(44)53(50(46)35-40)39-21-17-20-38(34-39)37-18-7-4-8-19-37/h4-36H,1-3H3. The van der Waals surface area contributed by atoms with Gasteiger partial charge in [-0.05, 0) is 74.2 Å². The molecule has 0 fully saturated rings. The Hall–Kier alpha value is -6.42. The predicted molar refractivity (Wildman–Crippen MR) is 238 cm³/mol. The third-order valence-electron chi connectivity index (χ3n) is 11.8. The molecule has 0 bridgehead atoms. The summed E-state index contributed by atoms with van der Waals surface area (Å²) < 4.78 is 4.95. The molecular formula is C52H42N2Si. The van der Waals surface area contributed by atoms with E-state index in [0.717, 1.165) is 11.4 Å². The lowest BCUT2D eigenvalue weighted by atomic mass is 10.1. The molecule has 10 aromatic rings. The van der Waals surface area contributed by atoms with E-state index < -0.39 is 8.07 Å². The van der Waals surface area contributed by atoms with Crippen LogP contribution in [0, 0.1) is 0 Å². The lowest BCUT2D eigenvalue weighted by molar-refractivity contribution is 0.739. The maximum Gasteiger partial charge on any atom is 0.153 e. The number of fused-ring (bicyclic) bond motifs is 6. The van der Waals surface area contributed by atoms with Gasteiger partial charge in [0, 0.05) is 32.9 Å². The lowest BCUT2D eigenvalue weighted by Gasteiger charge is -2.44. The third-order valence-corrected chi connectivity index (χ3v) is 17.6. The highest BCUT2D eigenvalue weighted by atomic mass is 28.3. The van der Waals surface area contributed by atoms with Gasteiger partial charge in [0.1, 0.15) is 0 Å². The maximum atomic E-state index is 2.54. The van der Waals surface area contributed by atoms with Crippen LogP contribution in [0.1, 0.15) is 20.8 Å². The molecule has 10 rings (SSSR count). The van der Waals surface area contributed by atoms with Crippen LogP contribution in [0.4, 0.5) is 0 Å². The highest BCUT2D eigenvalue weighted by molar-refractivity contribution is 7.13. The molecule has 0 N–H and O–H groups in total. The summed E-state index contributed by atoms with van der Waals surface area (Å²) in [5, 5.41) is 9.30. The quantitative estimate of drug-likeness (QED) is 0.119. The molecule has 0 saturated heterocycles. The second-order valence-electron chi connectivity index (χ2n) is 15.8. The van der Waals surface area contributed by atoms with Gasteiger partial charge in [-0.2, -0.15) is 0 Å². The number of hydrogen-bond acceptors (Lipinski definition) is 0. The molecule has 0 spiro atoms. The summed E-state index contributed by atoms with van der Waals surface area (Å²) in [5.74, 6) is 0. The van der Waals surface area contributed by atoms with Crippen molar-refractivity contribution in [3.05, 3.63) is 200 Å². The first-order valence-electron chi connectivity index (χ1n) is 19.3. The number of rotatable bonds is 6. The summed E-state index contributed by atoms with van der Waals surface area (Å²) in [7, 11) is -2.59. The van der Waals surface area contributed by atoms with Crippen molar-refractivity contribution >= 4 is 67.2 Å². The molecule has 55 heavy (non-hydrogen) atoms. The first-order chi connectivity index (χ1) is 26.9. The molecule has 0 aliphatic heterocycles. The zero-order chi connectivity index (χ0) is 37.1. The van der Waals surface area contributed by atoms with Crippen LogP contribution in [0.5, 0.6) is 0 Å². The largest absolute Gasteiger partial charge is 0.309 e. The van der Waals surface area contributed by atoms with Crippen molar-refractivity contribution in [3.63, 3.8) is 0 Å². The fraction of sp³-hybridized carbons (Fsp3) is 0.0769. The van der Waals surface area contributed by atoms with Crippen LogP contribution in [0.3, 0.4) is 0 Å². The molecule has 2 aromatic heterocycles. The summed E-state index contributed by atoms with van der Waals surface area (Å²) in [6, 6.07) is 74.4. The van der Waals surface area contributed by atoms with E-state index in [1.807, 2.05) is 0 Å². The van der Waals surface area contributed by atoms with Crippen LogP contribution in [0.25, 0.3) is 66.1 Å². The van der Waals surface area contributed by atoms with Crippen molar-refractivity contribution in [2.24, 2.45) is 0 Å². The summed E-state index contributed by atoms with van der Waals surface area (Å²) in [5.41, 5.74) is 9.58. The van der Waals surface area contributed by atoms with Crippen molar-refractivity contribution in [1.82, 2.24) is 9.13 Å². The minimum Gasteiger partial charge on any atom is -0.309 e. The maximum absolute atomic E-state index is 2.59. The van der Waals surface area contributed by atoms with E-state index >= 15 is 0 Å². The fourth-order valence-electron chi connectivity index (χ4n) is 9.49. The van der Waals surface area contributed by atoms with Gasteiger partial charge in [-0.25, -0.2) is 0 Å². The molecule has 0 aliphatic rings. The molecule has 8 aromatic carbocycles. The van der Waals surface area contributed by atoms with Crippen molar-refractivity contribution in [3.8, 4) is 22.5 Å². The van der Waals surface area contributed by atoms with E-state index in [1.165, 1.54) is 70.3 Å². The Kier molecular flexibility index (Phi) is 7.76. The van der Waals surface area contributed by atoms with Crippen LogP contribution in [-0.4, -0.2) is 17.2 Å². The Bertz CT molecular complexity index is 2960. The van der Waals surface area contributed by atoms with Gasteiger partial charge >= 0.3 is 0 Å². The van der Waals surface area contributed by atoms with Gasteiger partial charge in [0.25, 0.3) is 0 Å². The van der Waals surface area contributed by atoms with Gasteiger partial charge in [-0.15, -0.1) is 0 Å². The summed E-state index contributed by atoms with van der Waals surface area (Å²) in [4.78, 5) is 0. The zero-order valence-corrected chi connectivity index (χ0v) is 32.4. The highest BCUT2D eigenvalue weighted by Crippen LogP contribution is 2.40. The highest BCUT2D eigenvalue weighted by Gasteiger charge is 2.49. The van der Waals surface area contributed by atoms with E-state index in [-0.39, 0.29) is 5.04 Å². The first-order valence-corrected chi connectivity index (χ1v) is 21.3. The molecule has 0 unspecified atom stereocenters. The van der Waals surface area contributed by atoms with Gasteiger partial charge in [-0.3, -0.25) is 0 Å². The smallest absolute Gasteiger partial charge is 0.153 e. The number of hydrogen-bond donors (Lipinski definition) is 0. The Balaban J connectivity index is 1.26. The van der Waals surface area contributed by atoms with Crippen molar-refractivity contribution in [1.29, 1.82) is 0 Å². The average Bonchev–Trinajstić information content (AvgIpc) is 3.74. The van der Waals surface area contributed by atoms with Gasteiger partial charge < -0.3 is 9.13 Å². The zero-order valence-electron chi connectivity index (χ0n) is 31.4. The van der Waals surface area contributed by atoms with E-state index in [1.54, 1.807) is 0 Å². The minimum absolute atomic E-state index is 0.0195. The molecule has 2 heterocycles. The Labute approximate surface area is 323 Å². The Morgan fingerprint density at radius 1 is 0.327 bits per heavy atom. The van der Waals surface area contributed by atoms with Crippen LogP contribution >= 0.6 is 0 Å². The Morgan fingerprint density at radius 3 is 1.36 bits per heavy atom. The monoisotopic (exact) mass is 722 g/mol. The molecule has 264 valence electrons. The minimum atomic E-state index is -2.59. The molecule has 0 radical (unpaired) electrons. The number of aromatic nitrogens is 2. The van der Waals surface area contributed by atoms with Gasteiger partial charge in [0.05, 0.1) is 22.1 Å². The van der Waals surface area contributed by atoms with Crippen LogP contribution in [-0.2, 0) is 0 Å². The normalized spacial score (nSPS) is 12.3. The van der Waals surface area contributed by atoms with E-state index in [4.69, 9.17) is 0 Å². The summed E-state index contributed by atoms with van der Waals surface area (Å²) in [6.07, 6.45) is 0. The van der Waals surface area contributed by atoms with Crippen LogP contribution in [0.2, 0.25) is 5.04 Å². The summed E-state index contributed by atoms with van der Waals surface area (Å²) in [6.45, 7) is 7.33. The third kappa shape index (κ3) is 5.15. The fourth-order valence-corrected chi connectivity index (χ4v) is 15.2. The molecule has 3 heteroatoms. The topological polar surface area (TPSA) is 9.86 Å². The van der Waals surface area contributed by atoms with Gasteiger partial charge in [-0.1, -0.05) is 178 Å². The van der Waals surface area contributed by atoms with Gasteiger partial charge in [0.15, 0.2) is 8.07 Å². The van der Waals surface area contributed by atoms with Crippen molar-refractivity contribution in [2.45, 2.75) is 25.8 Å². The molecule has 2 nitrogen and oxygen atoms in total. The van der Waals surface area contributed by atoms with E-state index in [9.17, 15) is 0 Å². The second kappa shape index (κ2) is 12.9. The first kappa shape index (κ1) is 33.2. The molecule has 0 aliphatic carbocycles. The SMILES string of the molecule is CC(C)(C)[Si](c1ccccc1)(c1ccccc1)c1ccc2c3ccccc3n(-c3ccc4c5ccccc5n(-c5cccc(-c6ccccc6)c5)c4c3)c2c1. The average molecular weight is 723 g/mol. The lowest BCUT2D eigenvalue weighted by Crippen LogP contribution is -2.72. The van der Waals surface area contributed by atoms with Crippen LogP contribution < -0.4 is 15.6 Å². The molecule has 0 saturated carbocycles. The van der Waals surface area contributed by atoms with Crippen molar-refractivity contribution < 1.29 is 0 Å². The predicted octanol–water partition coefficient (Wildman–Crippen LogP) is 11.8.